The van der Waals surface area contributed by atoms with Crippen LogP contribution in [0, 0.1) is 5.92 Å². The van der Waals surface area contributed by atoms with Crippen LogP contribution in [0.15, 0.2) is 0 Å². The van der Waals surface area contributed by atoms with Gasteiger partial charge in [0.05, 0.1) is 19.1 Å². The van der Waals surface area contributed by atoms with Crippen LogP contribution in [0.5, 0.6) is 0 Å². The Kier molecular flexibility index (Phi) is 3.05. The van der Waals surface area contributed by atoms with Gasteiger partial charge in [0.15, 0.2) is 0 Å². The van der Waals surface area contributed by atoms with Crippen molar-refractivity contribution in [2.75, 3.05) is 26.7 Å². The standard InChI is InChI=1S/C8H15NO3/c1-6(8(11)12-2)3-9-4-7(10)5-9/h6-7,10H,3-5H2,1-2H3. The van der Waals surface area contributed by atoms with Gasteiger partial charge in [-0.15, -0.1) is 0 Å². The molecule has 1 rings (SSSR count). The number of hydrogen-bond acceptors (Lipinski definition) is 4. The van der Waals surface area contributed by atoms with Crippen LogP contribution in [0.3, 0.4) is 0 Å². The Hall–Kier alpha value is -0.610. The van der Waals surface area contributed by atoms with Crippen molar-refractivity contribution >= 4 is 5.97 Å². The summed E-state index contributed by atoms with van der Waals surface area (Å²) in [5.74, 6) is -0.279. The van der Waals surface area contributed by atoms with E-state index >= 15 is 0 Å². The van der Waals surface area contributed by atoms with Crippen LogP contribution < -0.4 is 0 Å². The number of hydrogen-bond donors (Lipinski definition) is 1. The van der Waals surface area contributed by atoms with Gasteiger partial charge in [0, 0.05) is 19.6 Å². The Balaban J connectivity index is 2.18. The number of carbonyl (C=O) groups excluding carboxylic acids is 1. The number of ether oxygens (including phenoxy) is 1. The summed E-state index contributed by atoms with van der Waals surface area (Å²) in [6.45, 7) is 3.88. The minimum atomic E-state index is -0.199. The average molecular weight is 173 g/mol. The highest BCUT2D eigenvalue weighted by molar-refractivity contribution is 5.72. The van der Waals surface area contributed by atoms with Crippen LogP contribution in [-0.4, -0.2) is 48.8 Å². The van der Waals surface area contributed by atoms with Gasteiger partial charge in [-0.05, 0) is 0 Å². The van der Waals surface area contributed by atoms with Crippen LogP contribution in [0.4, 0.5) is 0 Å². The second-order valence-electron chi connectivity index (χ2n) is 3.30. The molecule has 1 saturated heterocycles. The number of aliphatic hydroxyl groups excluding tert-OH is 1. The molecule has 1 atom stereocenters. The average Bonchev–Trinajstić information content (AvgIpc) is 2.00. The summed E-state index contributed by atoms with van der Waals surface area (Å²) in [5.41, 5.74) is 0. The van der Waals surface area contributed by atoms with E-state index in [9.17, 15) is 4.79 Å². The molecule has 1 unspecified atom stereocenters. The number of rotatable bonds is 3. The molecule has 0 spiro atoms. The first-order valence-electron chi connectivity index (χ1n) is 4.11. The Morgan fingerprint density at radius 3 is 2.75 bits per heavy atom. The number of esters is 1. The third-order valence-electron chi connectivity index (χ3n) is 2.07. The van der Waals surface area contributed by atoms with Crippen molar-refractivity contribution in [3.05, 3.63) is 0 Å². The van der Waals surface area contributed by atoms with E-state index in [4.69, 9.17) is 5.11 Å². The topological polar surface area (TPSA) is 49.8 Å². The van der Waals surface area contributed by atoms with Crippen LogP contribution in [0.25, 0.3) is 0 Å². The number of methoxy groups -OCH3 is 1. The molecule has 1 fully saturated rings. The SMILES string of the molecule is COC(=O)C(C)CN1CC(O)C1. The summed E-state index contributed by atoms with van der Waals surface area (Å²) < 4.78 is 4.58. The van der Waals surface area contributed by atoms with Crippen molar-refractivity contribution in [1.29, 1.82) is 0 Å². The smallest absolute Gasteiger partial charge is 0.309 e. The van der Waals surface area contributed by atoms with Gasteiger partial charge in [-0.1, -0.05) is 6.92 Å². The van der Waals surface area contributed by atoms with Crippen LogP contribution >= 0.6 is 0 Å². The van der Waals surface area contributed by atoms with Crippen molar-refractivity contribution in [3.8, 4) is 0 Å². The highest BCUT2D eigenvalue weighted by Gasteiger charge is 2.27. The number of aliphatic hydroxyl groups is 1. The van der Waals surface area contributed by atoms with Crippen molar-refractivity contribution in [2.45, 2.75) is 13.0 Å². The zero-order chi connectivity index (χ0) is 9.14. The zero-order valence-corrected chi connectivity index (χ0v) is 7.49. The fourth-order valence-corrected chi connectivity index (χ4v) is 1.35. The first kappa shape index (κ1) is 9.48. The maximum absolute atomic E-state index is 11.0. The zero-order valence-electron chi connectivity index (χ0n) is 7.49. The molecule has 1 aliphatic heterocycles. The quantitative estimate of drug-likeness (QED) is 0.583. The van der Waals surface area contributed by atoms with Crippen molar-refractivity contribution in [3.63, 3.8) is 0 Å². The lowest BCUT2D eigenvalue weighted by Crippen LogP contribution is -2.52. The van der Waals surface area contributed by atoms with E-state index in [0.717, 1.165) is 0 Å². The Morgan fingerprint density at radius 2 is 2.33 bits per heavy atom. The van der Waals surface area contributed by atoms with Gasteiger partial charge in [0.2, 0.25) is 0 Å². The first-order valence-corrected chi connectivity index (χ1v) is 4.11. The molecule has 0 amide bonds. The second-order valence-corrected chi connectivity index (χ2v) is 3.30. The van der Waals surface area contributed by atoms with Crippen molar-refractivity contribution < 1.29 is 14.6 Å². The lowest BCUT2D eigenvalue weighted by Gasteiger charge is -2.36. The van der Waals surface area contributed by atoms with E-state index in [1.807, 2.05) is 11.8 Å². The molecule has 1 aliphatic rings. The van der Waals surface area contributed by atoms with E-state index in [1.54, 1.807) is 0 Å². The van der Waals surface area contributed by atoms with Gasteiger partial charge in [-0.25, -0.2) is 0 Å². The number of β-amino-alcohol motifs (C(OH)–C–C–N with tert-alkyl or cyclic N) is 1. The highest BCUT2D eigenvalue weighted by Crippen LogP contribution is 2.10. The molecule has 70 valence electrons. The molecular formula is C8H15NO3. The predicted molar refractivity (Wildman–Crippen MR) is 43.6 cm³/mol. The van der Waals surface area contributed by atoms with E-state index in [0.29, 0.717) is 19.6 Å². The summed E-state index contributed by atoms with van der Waals surface area (Å²) in [6, 6.07) is 0. The van der Waals surface area contributed by atoms with Gasteiger partial charge in [0.1, 0.15) is 0 Å². The maximum atomic E-state index is 11.0. The predicted octanol–water partition coefficient (Wildman–Crippen LogP) is -0.528. The summed E-state index contributed by atoms with van der Waals surface area (Å²) in [5, 5.41) is 8.97. The van der Waals surface area contributed by atoms with Crippen molar-refractivity contribution in [2.24, 2.45) is 5.92 Å². The van der Waals surface area contributed by atoms with Gasteiger partial charge >= 0.3 is 5.97 Å². The first-order chi connectivity index (χ1) is 5.63. The third kappa shape index (κ3) is 2.19. The van der Waals surface area contributed by atoms with Crippen LogP contribution in [0.2, 0.25) is 0 Å². The molecular weight excluding hydrogens is 158 g/mol. The van der Waals surface area contributed by atoms with E-state index < -0.39 is 0 Å². The normalized spacial score (nSPS) is 21.6. The monoisotopic (exact) mass is 173 g/mol. The minimum Gasteiger partial charge on any atom is -0.469 e. The third-order valence-corrected chi connectivity index (χ3v) is 2.07. The molecule has 12 heavy (non-hydrogen) atoms. The molecule has 0 aromatic rings. The lowest BCUT2D eigenvalue weighted by molar-refractivity contribution is -0.146. The summed E-state index contributed by atoms with van der Waals surface area (Å²) in [6.07, 6.45) is -0.199. The Bertz CT molecular complexity index is 166. The van der Waals surface area contributed by atoms with Crippen LogP contribution in [0.1, 0.15) is 6.92 Å². The molecule has 0 aliphatic carbocycles. The molecule has 0 saturated carbocycles. The number of likely N-dealkylation sites (tertiary alicyclic amines) is 1. The second kappa shape index (κ2) is 3.87. The number of carbonyl (C=O) groups is 1. The summed E-state index contributed by atoms with van der Waals surface area (Å²) in [4.78, 5) is 13.0. The highest BCUT2D eigenvalue weighted by atomic mass is 16.5. The molecule has 0 radical (unpaired) electrons. The van der Waals surface area contributed by atoms with Gasteiger partial charge in [-0.2, -0.15) is 0 Å². The van der Waals surface area contributed by atoms with Gasteiger partial charge in [0.25, 0.3) is 0 Å². The molecule has 1 N–H and O–H groups in total. The van der Waals surface area contributed by atoms with E-state index in [1.165, 1.54) is 7.11 Å². The molecule has 0 aromatic heterocycles. The molecule has 0 bridgehead atoms. The summed E-state index contributed by atoms with van der Waals surface area (Å²) in [7, 11) is 1.39. The lowest BCUT2D eigenvalue weighted by atomic mass is 10.1. The fraction of sp³-hybridized carbons (Fsp3) is 0.875. The van der Waals surface area contributed by atoms with Crippen molar-refractivity contribution in [1.82, 2.24) is 4.90 Å². The Morgan fingerprint density at radius 1 is 1.75 bits per heavy atom. The maximum Gasteiger partial charge on any atom is 0.309 e. The fourth-order valence-electron chi connectivity index (χ4n) is 1.35. The number of nitrogens with zero attached hydrogens (tertiary/aromatic N) is 1. The molecule has 1 heterocycles. The largest absolute Gasteiger partial charge is 0.469 e. The van der Waals surface area contributed by atoms with E-state index in [2.05, 4.69) is 4.74 Å². The molecule has 4 nitrogen and oxygen atoms in total. The summed E-state index contributed by atoms with van der Waals surface area (Å²) >= 11 is 0. The van der Waals surface area contributed by atoms with E-state index in [-0.39, 0.29) is 18.0 Å². The van der Waals surface area contributed by atoms with Gasteiger partial charge < -0.3 is 9.84 Å². The molecule has 0 aromatic carbocycles. The molecule has 4 heteroatoms. The van der Waals surface area contributed by atoms with Gasteiger partial charge in [-0.3, -0.25) is 9.69 Å². The minimum absolute atomic E-state index is 0.0949. The van der Waals surface area contributed by atoms with Crippen LogP contribution in [-0.2, 0) is 9.53 Å². The Labute approximate surface area is 72.1 Å².